The van der Waals surface area contributed by atoms with Crippen molar-refractivity contribution in [2.45, 2.75) is 161 Å². The molecule has 0 aliphatic carbocycles. The maximum Gasteiger partial charge on any atom is 0.472 e. The third kappa shape index (κ3) is 34.4. The van der Waals surface area contributed by atoms with Crippen molar-refractivity contribution in [2.75, 3.05) is 26.4 Å². The lowest BCUT2D eigenvalue weighted by molar-refractivity contribution is -0.161. The van der Waals surface area contributed by atoms with Gasteiger partial charge in [0, 0.05) is 19.4 Å². The maximum atomic E-state index is 12.5. The van der Waals surface area contributed by atoms with E-state index in [2.05, 4.69) is 26.0 Å². The molecule has 0 rings (SSSR count). The molecule has 0 fully saturated rings. The summed E-state index contributed by atoms with van der Waals surface area (Å²) in [6, 6.07) is 0. The Bertz CT molecular complexity index is 983. The van der Waals surface area contributed by atoms with Gasteiger partial charge in [0.2, 0.25) is 0 Å². The summed E-state index contributed by atoms with van der Waals surface area (Å²) < 4.78 is 32.5. The van der Waals surface area contributed by atoms with Crippen LogP contribution in [-0.2, 0) is 32.7 Å². The zero-order chi connectivity index (χ0) is 37.0. The van der Waals surface area contributed by atoms with Gasteiger partial charge in [0.15, 0.2) is 6.10 Å². The van der Waals surface area contributed by atoms with E-state index in [4.69, 9.17) is 24.3 Å². The molecule has 0 saturated carbocycles. The highest BCUT2D eigenvalue weighted by Crippen LogP contribution is 2.43. The highest BCUT2D eigenvalue weighted by atomic mass is 31.2. The first-order valence-electron chi connectivity index (χ1n) is 19.2. The molecule has 3 atom stereocenters. The van der Waals surface area contributed by atoms with E-state index in [-0.39, 0.29) is 38.7 Å². The Balaban J connectivity index is 4.38. The smallest absolute Gasteiger partial charge is 0.462 e. The predicted octanol–water partition coefficient (Wildman–Crippen LogP) is 9.35. The van der Waals surface area contributed by atoms with E-state index in [0.717, 1.165) is 57.8 Å². The highest BCUT2D eigenvalue weighted by molar-refractivity contribution is 7.47. The second-order valence-corrected chi connectivity index (χ2v) is 14.1. The first-order chi connectivity index (χ1) is 24.2. The monoisotopic (exact) mass is 727 g/mol. The minimum Gasteiger partial charge on any atom is -0.462 e. The van der Waals surface area contributed by atoms with Gasteiger partial charge in [0.05, 0.1) is 19.3 Å². The number of phosphoric acid groups is 1. The van der Waals surface area contributed by atoms with Crippen molar-refractivity contribution in [3.8, 4) is 0 Å². The molecule has 0 spiro atoms. The summed E-state index contributed by atoms with van der Waals surface area (Å²) in [5.74, 6) is -0.924. The van der Waals surface area contributed by atoms with E-state index >= 15 is 0 Å². The standard InChI is InChI=1S/C39H70NO9P/c1-3-5-7-8-9-10-12-16-19-22-26-30-38(42)46-34-37(35-48-50(44,45)47-33-32-40)49-39(43)31-27-23-20-17-14-11-13-15-18-21-25-29-36(41)28-24-6-4-2/h11,13,17-18,20-21,25,29,36-37,41H,3-10,12,14-16,19,22-24,26-28,30-35,40H2,1-2H3,(H,44,45)/b13-11-,20-17-,21-18-,29-25+/t36-,37+/m0/s1. The fourth-order valence-electron chi connectivity index (χ4n) is 4.91. The number of ether oxygens (including phenoxy) is 2. The Kier molecular flexibility index (Phi) is 33.9. The number of hydrogen-bond acceptors (Lipinski definition) is 9. The molecule has 0 radical (unpaired) electrons. The summed E-state index contributed by atoms with van der Waals surface area (Å²) in [5.41, 5.74) is 5.32. The van der Waals surface area contributed by atoms with E-state index in [9.17, 15) is 24.2 Å². The molecule has 0 aromatic carbocycles. The SMILES string of the molecule is CCCCCCCCCCCCCC(=O)OC[C@H](COP(=O)(O)OCCN)OC(=O)CCC/C=C\C/C=C\C/C=C\C=C\[C@@H](O)CCCCC. The Morgan fingerprint density at radius 2 is 1.28 bits per heavy atom. The topological polar surface area (TPSA) is 155 Å². The highest BCUT2D eigenvalue weighted by Gasteiger charge is 2.25. The molecule has 10 nitrogen and oxygen atoms in total. The molecule has 0 aliphatic heterocycles. The molecule has 0 amide bonds. The largest absolute Gasteiger partial charge is 0.472 e. The van der Waals surface area contributed by atoms with Crippen LogP contribution in [0, 0.1) is 0 Å². The number of aliphatic hydroxyl groups excluding tert-OH is 1. The Hall–Kier alpha value is -2.07. The number of allylic oxidation sites excluding steroid dienone is 7. The maximum absolute atomic E-state index is 12.5. The van der Waals surface area contributed by atoms with Crippen molar-refractivity contribution >= 4 is 19.8 Å². The lowest BCUT2D eigenvalue weighted by Crippen LogP contribution is -2.29. The first-order valence-corrected chi connectivity index (χ1v) is 20.7. The van der Waals surface area contributed by atoms with E-state index in [0.29, 0.717) is 12.8 Å². The number of carbonyl (C=O) groups excluding carboxylic acids is 2. The zero-order valence-electron chi connectivity index (χ0n) is 31.2. The Morgan fingerprint density at radius 3 is 1.94 bits per heavy atom. The minimum absolute atomic E-state index is 0.0364. The van der Waals surface area contributed by atoms with Crippen LogP contribution in [0.4, 0.5) is 0 Å². The number of rotatable bonds is 35. The Morgan fingerprint density at radius 1 is 0.700 bits per heavy atom. The zero-order valence-corrected chi connectivity index (χ0v) is 32.1. The van der Waals surface area contributed by atoms with E-state index < -0.39 is 32.5 Å². The summed E-state index contributed by atoms with van der Waals surface area (Å²) in [6.07, 6.45) is 34.8. The Labute approximate surface area is 303 Å². The van der Waals surface area contributed by atoms with Crippen LogP contribution in [0.5, 0.6) is 0 Å². The molecule has 290 valence electrons. The summed E-state index contributed by atoms with van der Waals surface area (Å²) >= 11 is 0. The molecule has 0 heterocycles. The molecule has 1 unspecified atom stereocenters. The van der Waals surface area contributed by atoms with Crippen LogP contribution in [-0.4, -0.2) is 60.5 Å². The van der Waals surface area contributed by atoms with Gasteiger partial charge < -0.3 is 25.2 Å². The van der Waals surface area contributed by atoms with Crippen LogP contribution in [0.1, 0.15) is 149 Å². The van der Waals surface area contributed by atoms with E-state index in [1.165, 1.54) is 51.4 Å². The molecule has 0 aromatic heterocycles. The first kappa shape index (κ1) is 47.9. The minimum atomic E-state index is -4.40. The lowest BCUT2D eigenvalue weighted by Gasteiger charge is -2.19. The van der Waals surface area contributed by atoms with Gasteiger partial charge in [-0.1, -0.05) is 146 Å². The molecule has 11 heteroatoms. The van der Waals surface area contributed by atoms with Crippen LogP contribution in [0.15, 0.2) is 48.6 Å². The third-order valence-electron chi connectivity index (χ3n) is 7.82. The number of phosphoric ester groups is 1. The van der Waals surface area contributed by atoms with Gasteiger partial charge in [-0.05, 0) is 38.5 Å². The normalized spacial score (nSPS) is 14.6. The summed E-state index contributed by atoms with van der Waals surface area (Å²) in [4.78, 5) is 34.7. The predicted molar refractivity (Wildman–Crippen MR) is 202 cm³/mol. The fraction of sp³-hybridized carbons (Fsp3) is 0.744. The van der Waals surface area contributed by atoms with Crippen molar-refractivity contribution in [3.63, 3.8) is 0 Å². The van der Waals surface area contributed by atoms with Gasteiger partial charge >= 0.3 is 19.8 Å². The van der Waals surface area contributed by atoms with Crippen molar-refractivity contribution in [2.24, 2.45) is 5.73 Å². The van der Waals surface area contributed by atoms with Crippen molar-refractivity contribution in [1.29, 1.82) is 0 Å². The number of aliphatic hydroxyl groups is 1. The third-order valence-corrected chi connectivity index (χ3v) is 8.81. The van der Waals surface area contributed by atoms with Crippen LogP contribution < -0.4 is 5.73 Å². The summed E-state index contributed by atoms with van der Waals surface area (Å²) in [6.45, 7) is 3.50. The van der Waals surface area contributed by atoms with Crippen molar-refractivity contribution < 1.29 is 42.7 Å². The fourth-order valence-corrected chi connectivity index (χ4v) is 5.68. The molecular weight excluding hydrogens is 657 g/mol. The van der Waals surface area contributed by atoms with Gasteiger partial charge in [-0.25, -0.2) is 4.57 Å². The van der Waals surface area contributed by atoms with Crippen molar-refractivity contribution in [3.05, 3.63) is 48.6 Å². The van der Waals surface area contributed by atoms with Crippen LogP contribution >= 0.6 is 7.82 Å². The number of nitrogens with two attached hydrogens (primary N) is 1. The second kappa shape index (κ2) is 35.3. The van der Waals surface area contributed by atoms with Crippen LogP contribution in [0.25, 0.3) is 0 Å². The molecule has 0 aromatic rings. The average molecular weight is 728 g/mol. The van der Waals surface area contributed by atoms with Gasteiger partial charge in [0.1, 0.15) is 6.61 Å². The van der Waals surface area contributed by atoms with Gasteiger partial charge in [0.25, 0.3) is 0 Å². The lowest BCUT2D eigenvalue weighted by atomic mass is 10.1. The molecule has 0 bridgehead atoms. The van der Waals surface area contributed by atoms with Crippen LogP contribution in [0.2, 0.25) is 0 Å². The quantitative estimate of drug-likeness (QED) is 0.0189. The van der Waals surface area contributed by atoms with E-state index in [1.54, 1.807) is 0 Å². The van der Waals surface area contributed by atoms with Gasteiger partial charge in [-0.15, -0.1) is 0 Å². The average Bonchev–Trinajstić information content (AvgIpc) is 3.09. The van der Waals surface area contributed by atoms with Gasteiger partial charge in [-0.2, -0.15) is 0 Å². The van der Waals surface area contributed by atoms with Crippen LogP contribution in [0.3, 0.4) is 0 Å². The summed E-state index contributed by atoms with van der Waals surface area (Å²) in [5, 5.41) is 9.87. The number of hydrogen-bond donors (Lipinski definition) is 3. The number of carbonyl (C=O) groups is 2. The summed E-state index contributed by atoms with van der Waals surface area (Å²) in [7, 11) is -4.40. The van der Waals surface area contributed by atoms with Crippen molar-refractivity contribution in [1.82, 2.24) is 0 Å². The second-order valence-electron chi connectivity index (χ2n) is 12.6. The molecule has 0 aliphatic rings. The van der Waals surface area contributed by atoms with Gasteiger partial charge in [-0.3, -0.25) is 18.6 Å². The molecule has 0 saturated heterocycles. The number of esters is 2. The molecular formula is C39H70NO9P. The molecule has 4 N–H and O–H groups in total. The molecule has 50 heavy (non-hydrogen) atoms. The number of unbranched alkanes of at least 4 members (excludes halogenated alkanes) is 13. The van der Waals surface area contributed by atoms with E-state index in [1.807, 2.05) is 36.5 Å².